The number of phosphoric acid groups is 1. The normalized spacial score (nSPS) is 14.5. The number of rotatable bonds is 4. The topological polar surface area (TPSA) is 44.8 Å². The molecule has 0 rings (SSSR count). The van der Waals surface area contributed by atoms with Gasteiger partial charge in [0.05, 0.1) is 6.61 Å². The van der Waals surface area contributed by atoms with E-state index in [2.05, 4.69) is 25.6 Å². The predicted molar refractivity (Wildman–Crippen MR) is 40.8 cm³/mol. The molecule has 0 amide bonds. The Morgan fingerprint density at radius 1 is 1.55 bits per heavy atom. The molecule has 0 N–H and O–H groups in total. The molecule has 0 aromatic rings. The molecule has 0 bridgehead atoms. The highest BCUT2D eigenvalue weighted by Crippen LogP contribution is 2.47. The van der Waals surface area contributed by atoms with Crippen LogP contribution in [0.1, 0.15) is 13.8 Å². The zero-order valence-corrected chi connectivity index (χ0v) is 7.68. The molecule has 0 spiro atoms. The first-order chi connectivity index (χ1) is 5.18. The lowest BCUT2D eigenvalue weighted by molar-refractivity contribution is 0.178. The van der Waals surface area contributed by atoms with Crippen molar-refractivity contribution in [3.8, 4) is 12.0 Å². The molecule has 0 saturated carbocycles. The van der Waals surface area contributed by atoms with Crippen molar-refractivity contribution in [1.29, 1.82) is 0 Å². The average Bonchev–Trinajstić information content (AvgIpc) is 2.02. The van der Waals surface area contributed by atoms with Crippen molar-refractivity contribution in [2.24, 2.45) is 0 Å². The Labute approximate surface area is 66.5 Å². The summed E-state index contributed by atoms with van der Waals surface area (Å²) < 4.78 is 24.9. The largest absolute Gasteiger partial charge is 0.538 e. The van der Waals surface area contributed by atoms with Crippen molar-refractivity contribution in [3.05, 3.63) is 0 Å². The van der Waals surface area contributed by atoms with Crippen LogP contribution in [0.2, 0.25) is 0 Å². The van der Waals surface area contributed by atoms with Crippen molar-refractivity contribution in [2.45, 2.75) is 13.8 Å². The molecule has 0 saturated heterocycles. The van der Waals surface area contributed by atoms with Gasteiger partial charge in [-0.3, -0.25) is 9.05 Å². The minimum absolute atomic E-state index is 0.260. The molecule has 1 atom stereocenters. The second-order valence-corrected chi connectivity index (χ2v) is 3.19. The molecule has 0 heterocycles. The minimum atomic E-state index is -3.39. The molecule has 64 valence electrons. The van der Waals surface area contributed by atoms with Gasteiger partial charge in [-0.05, 0) is 6.92 Å². The first kappa shape index (κ1) is 10.5. The van der Waals surface area contributed by atoms with Crippen LogP contribution in [0.4, 0.5) is 0 Å². The van der Waals surface area contributed by atoms with E-state index in [1.807, 2.05) is 0 Å². The zero-order chi connectivity index (χ0) is 8.74. The maximum absolute atomic E-state index is 11.2. The van der Waals surface area contributed by atoms with E-state index >= 15 is 0 Å². The molecular weight excluding hydrogens is 167 g/mol. The molecule has 0 fully saturated rings. The van der Waals surface area contributed by atoms with E-state index in [-0.39, 0.29) is 6.61 Å². The standard InChI is InChI=1S/C6H11O4P/c1-4-6-10-11(7,8-3)9-5-2/h5H2,1-3H3. The van der Waals surface area contributed by atoms with E-state index in [0.29, 0.717) is 0 Å². The van der Waals surface area contributed by atoms with Crippen LogP contribution in [-0.4, -0.2) is 13.7 Å². The van der Waals surface area contributed by atoms with Crippen molar-refractivity contribution in [3.63, 3.8) is 0 Å². The Morgan fingerprint density at radius 2 is 2.18 bits per heavy atom. The second-order valence-electron chi connectivity index (χ2n) is 1.49. The number of phosphoric ester groups is 1. The van der Waals surface area contributed by atoms with Gasteiger partial charge in [0.25, 0.3) is 0 Å². The van der Waals surface area contributed by atoms with Crippen molar-refractivity contribution in [2.75, 3.05) is 13.7 Å². The molecule has 0 aliphatic heterocycles. The summed E-state index contributed by atoms with van der Waals surface area (Å²) in [5.41, 5.74) is 0. The van der Waals surface area contributed by atoms with E-state index in [4.69, 9.17) is 0 Å². The van der Waals surface area contributed by atoms with Gasteiger partial charge < -0.3 is 4.52 Å². The first-order valence-corrected chi connectivity index (χ1v) is 4.55. The van der Waals surface area contributed by atoms with Crippen LogP contribution >= 0.6 is 7.82 Å². The van der Waals surface area contributed by atoms with Gasteiger partial charge in [-0.15, -0.1) is 0 Å². The lowest BCUT2D eigenvalue weighted by Crippen LogP contribution is -1.93. The minimum Gasteiger partial charge on any atom is -0.350 e. The Morgan fingerprint density at radius 3 is 2.55 bits per heavy atom. The Balaban J connectivity index is 4.07. The van der Waals surface area contributed by atoms with Crippen LogP contribution in [0, 0.1) is 12.0 Å². The summed E-state index contributed by atoms with van der Waals surface area (Å²) in [6.07, 6.45) is 2.16. The van der Waals surface area contributed by atoms with Crippen molar-refractivity contribution >= 4 is 7.82 Å². The third kappa shape index (κ3) is 4.05. The monoisotopic (exact) mass is 178 g/mol. The maximum Gasteiger partial charge on any atom is 0.538 e. The third-order valence-corrected chi connectivity index (χ3v) is 2.11. The number of hydrogen-bond acceptors (Lipinski definition) is 4. The Bertz CT molecular complexity index is 202. The molecule has 0 radical (unpaired) electrons. The molecule has 0 aromatic heterocycles. The van der Waals surface area contributed by atoms with Crippen LogP contribution in [0.25, 0.3) is 0 Å². The zero-order valence-electron chi connectivity index (χ0n) is 6.79. The highest BCUT2D eigenvalue weighted by molar-refractivity contribution is 7.48. The fraction of sp³-hybridized carbons (Fsp3) is 0.667. The smallest absolute Gasteiger partial charge is 0.350 e. The maximum atomic E-state index is 11.2. The molecular formula is C6H11O4P. The molecule has 11 heavy (non-hydrogen) atoms. The fourth-order valence-electron chi connectivity index (χ4n) is 0.376. The van der Waals surface area contributed by atoms with Gasteiger partial charge in [-0.2, -0.15) is 0 Å². The highest BCUT2D eigenvalue weighted by atomic mass is 31.2. The average molecular weight is 178 g/mol. The van der Waals surface area contributed by atoms with Crippen molar-refractivity contribution < 1.29 is 18.1 Å². The van der Waals surface area contributed by atoms with Crippen molar-refractivity contribution in [1.82, 2.24) is 0 Å². The van der Waals surface area contributed by atoms with Crippen LogP contribution in [-0.2, 0) is 18.1 Å². The molecule has 0 aliphatic rings. The van der Waals surface area contributed by atoms with Crippen LogP contribution < -0.4 is 0 Å². The summed E-state index contributed by atoms with van der Waals surface area (Å²) in [4.78, 5) is 0. The van der Waals surface area contributed by atoms with E-state index in [1.165, 1.54) is 7.11 Å². The van der Waals surface area contributed by atoms with Gasteiger partial charge in [0.2, 0.25) is 0 Å². The van der Waals surface area contributed by atoms with Gasteiger partial charge in [0.15, 0.2) is 0 Å². The van der Waals surface area contributed by atoms with Gasteiger partial charge in [0.1, 0.15) is 6.11 Å². The van der Waals surface area contributed by atoms with Crippen LogP contribution in [0.15, 0.2) is 0 Å². The van der Waals surface area contributed by atoms with E-state index in [9.17, 15) is 4.57 Å². The van der Waals surface area contributed by atoms with Crippen LogP contribution in [0.5, 0.6) is 0 Å². The van der Waals surface area contributed by atoms with Gasteiger partial charge in [0, 0.05) is 14.0 Å². The molecule has 0 aromatic carbocycles. The summed E-state index contributed by atoms with van der Waals surface area (Å²) in [5.74, 6) is 2.41. The summed E-state index contributed by atoms with van der Waals surface area (Å²) in [6, 6.07) is 0. The van der Waals surface area contributed by atoms with Gasteiger partial charge in [-0.25, -0.2) is 4.57 Å². The first-order valence-electron chi connectivity index (χ1n) is 3.09. The third-order valence-electron chi connectivity index (χ3n) is 0.770. The molecule has 5 heteroatoms. The van der Waals surface area contributed by atoms with Gasteiger partial charge in [-0.1, -0.05) is 5.92 Å². The molecule has 0 aliphatic carbocycles. The summed E-state index contributed by atoms with van der Waals surface area (Å²) in [7, 11) is -2.15. The Kier molecular flexibility index (Phi) is 4.97. The summed E-state index contributed by atoms with van der Waals surface area (Å²) >= 11 is 0. The van der Waals surface area contributed by atoms with Gasteiger partial charge >= 0.3 is 7.82 Å². The molecule has 4 nitrogen and oxygen atoms in total. The summed E-state index contributed by atoms with van der Waals surface area (Å²) in [6.45, 7) is 3.51. The van der Waals surface area contributed by atoms with E-state index in [1.54, 1.807) is 13.8 Å². The quantitative estimate of drug-likeness (QED) is 0.486. The predicted octanol–water partition coefficient (Wildman–Crippen LogP) is 1.77. The highest BCUT2D eigenvalue weighted by Gasteiger charge is 2.24. The van der Waals surface area contributed by atoms with E-state index in [0.717, 1.165) is 0 Å². The SMILES string of the molecule is CC#COP(=O)(OC)OCC. The molecule has 1 unspecified atom stereocenters. The lowest BCUT2D eigenvalue weighted by Gasteiger charge is -2.09. The Hall–Kier alpha value is -0.490. The van der Waals surface area contributed by atoms with E-state index < -0.39 is 7.82 Å². The fourth-order valence-corrected chi connectivity index (χ4v) is 1.13. The second kappa shape index (κ2) is 5.20. The lowest BCUT2D eigenvalue weighted by atomic mass is 10.8. The summed E-state index contributed by atoms with van der Waals surface area (Å²) in [5, 5.41) is 0. The van der Waals surface area contributed by atoms with Crippen LogP contribution in [0.3, 0.4) is 0 Å². The number of hydrogen-bond donors (Lipinski definition) is 0.